The Morgan fingerprint density at radius 2 is 1.38 bits per heavy atom. The van der Waals surface area contributed by atoms with E-state index in [1.807, 2.05) is 12.1 Å². The molecule has 0 saturated carbocycles. The standard InChI is InChI=1S/C24H33N3O4S/c1-25(32(29,30)23-9-7-22(31-2)8-10-23)21-15-19(17-26-11-3-4-12-26)24(28)20(16-21)18-27-13-5-6-14-27/h7-10,15-16,28H,3-6,11-14,17-18H2,1-2H3. The van der Waals surface area contributed by atoms with Crippen molar-refractivity contribution in [2.45, 2.75) is 43.7 Å². The number of hydrogen-bond donors (Lipinski definition) is 1. The number of phenolic OH excluding ortho intramolecular Hbond substituents is 1. The number of hydrogen-bond acceptors (Lipinski definition) is 6. The molecule has 4 rings (SSSR count). The summed E-state index contributed by atoms with van der Waals surface area (Å²) in [4.78, 5) is 4.84. The second-order valence-electron chi connectivity index (χ2n) is 8.73. The monoisotopic (exact) mass is 459 g/mol. The summed E-state index contributed by atoms with van der Waals surface area (Å²) in [6, 6.07) is 10.1. The van der Waals surface area contributed by atoms with Crippen molar-refractivity contribution in [3.05, 3.63) is 47.5 Å². The van der Waals surface area contributed by atoms with Gasteiger partial charge in [0.25, 0.3) is 10.0 Å². The smallest absolute Gasteiger partial charge is 0.264 e. The van der Waals surface area contributed by atoms with Crippen molar-refractivity contribution in [1.29, 1.82) is 0 Å². The van der Waals surface area contributed by atoms with E-state index in [-0.39, 0.29) is 4.90 Å². The zero-order chi connectivity index (χ0) is 22.7. The van der Waals surface area contributed by atoms with Gasteiger partial charge in [-0.15, -0.1) is 0 Å². The molecule has 0 aromatic heterocycles. The maximum Gasteiger partial charge on any atom is 0.264 e. The summed E-state index contributed by atoms with van der Waals surface area (Å²) in [5.74, 6) is 0.903. The number of sulfonamides is 1. The Kier molecular flexibility index (Phi) is 6.93. The van der Waals surface area contributed by atoms with Crippen LogP contribution < -0.4 is 9.04 Å². The third kappa shape index (κ3) is 4.87. The van der Waals surface area contributed by atoms with Crippen LogP contribution in [0.15, 0.2) is 41.3 Å². The highest BCUT2D eigenvalue weighted by atomic mass is 32.2. The minimum absolute atomic E-state index is 0.205. The Bertz CT molecular complexity index is 989. The molecule has 0 aliphatic carbocycles. The lowest BCUT2D eigenvalue weighted by atomic mass is 10.1. The van der Waals surface area contributed by atoms with Crippen LogP contribution in [0.3, 0.4) is 0 Å². The van der Waals surface area contributed by atoms with Crippen molar-refractivity contribution in [2.75, 3.05) is 44.6 Å². The number of phenols is 1. The minimum Gasteiger partial charge on any atom is -0.507 e. The number of nitrogens with zero attached hydrogens (tertiary/aromatic N) is 3. The van der Waals surface area contributed by atoms with Crippen molar-refractivity contribution in [1.82, 2.24) is 9.80 Å². The number of ether oxygens (including phenoxy) is 1. The number of aromatic hydroxyl groups is 1. The number of rotatable bonds is 8. The highest BCUT2D eigenvalue weighted by Crippen LogP contribution is 2.34. The van der Waals surface area contributed by atoms with E-state index in [0.29, 0.717) is 30.3 Å². The second kappa shape index (κ2) is 9.68. The first kappa shape index (κ1) is 22.9. The number of benzene rings is 2. The summed E-state index contributed by atoms with van der Waals surface area (Å²) in [6.07, 6.45) is 4.64. The van der Waals surface area contributed by atoms with Gasteiger partial charge in [-0.3, -0.25) is 14.1 Å². The third-order valence-electron chi connectivity index (χ3n) is 6.52. The second-order valence-corrected chi connectivity index (χ2v) is 10.7. The molecule has 2 aromatic carbocycles. The fourth-order valence-electron chi connectivity index (χ4n) is 4.57. The van der Waals surface area contributed by atoms with Gasteiger partial charge in [0.1, 0.15) is 11.5 Å². The van der Waals surface area contributed by atoms with Gasteiger partial charge in [-0.2, -0.15) is 0 Å². The summed E-state index contributed by atoms with van der Waals surface area (Å²) in [7, 11) is -0.623. The van der Waals surface area contributed by atoms with Crippen molar-refractivity contribution < 1.29 is 18.3 Å². The molecule has 0 radical (unpaired) electrons. The highest BCUT2D eigenvalue weighted by Gasteiger charge is 2.25. The molecule has 0 bridgehead atoms. The molecular weight excluding hydrogens is 426 g/mol. The van der Waals surface area contributed by atoms with Crippen LogP contribution in [0.2, 0.25) is 0 Å². The van der Waals surface area contributed by atoms with Gasteiger partial charge in [0.05, 0.1) is 17.7 Å². The van der Waals surface area contributed by atoms with Gasteiger partial charge in [0.15, 0.2) is 0 Å². The number of methoxy groups -OCH3 is 1. The zero-order valence-electron chi connectivity index (χ0n) is 19.0. The maximum atomic E-state index is 13.3. The van der Waals surface area contributed by atoms with Gasteiger partial charge in [-0.25, -0.2) is 8.42 Å². The van der Waals surface area contributed by atoms with E-state index in [2.05, 4.69) is 9.80 Å². The Hall–Kier alpha value is -2.29. The van der Waals surface area contributed by atoms with Crippen LogP contribution in [0.5, 0.6) is 11.5 Å². The van der Waals surface area contributed by atoms with E-state index in [9.17, 15) is 13.5 Å². The fraction of sp³-hybridized carbons (Fsp3) is 0.500. The summed E-state index contributed by atoms with van der Waals surface area (Å²) in [6.45, 7) is 5.28. The van der Waals surface area contributed by atoms with Crippen LogP contribution in [0.4, 0.5) is 5.69 Å². The van der Waals surface area contributed by atoms with E-state index < -0.39 is 10.0 Å². The van der Waals surface area contributed by atoms with Crippen LogP contribution in [0, 0.1) is 0 Å². The molecule has 2 aliphatic rings. The van der Waals surface area contributed by atoms with Crippen LogP contribution >= 0.6 is 0 Å². The number of anilines is 1. The van der Waals surface area contributed by atoms with Gasteiger partial charge in [-0.05, 0) is 88.3 Å². The Labute approximate surface area is 191 Å². The molecule has 32 heavy (non-hydrogen) atoms. The van der Waals surface area contributed by atoms with E-state index in [1.165, 1.54) is 4.31 Å². The van der Waals surface area contributed by atoms with Crippen molar-refractivity contribution >= 4 is 15.7 Å². The molecule has 1 N–H and O–H groups in total. The largest absolute Gasteiger partial charge is 0.507 e. The predicted octanol–water partition coefficient (Wildman–Crippen LogP) is 3.42. The van der Waals surface area contributed by atoms with Crippen LogP contribution in [-0.2, 0) is 23.1 Å². The average Bonchev–Trinajstić information content (AvgIpc) is 3.50. The molecule has 0 unspecified atom stereocenters. The van der Waals surface area contributed by atoms with Crippen molar-refractivity contribution in [3.8, 4) is 11.5 Å². The molecule has 0 spiro atoms. The highest BCUT2D eigenvalue weighted by molar-refractivity contribution is 7.92. The maximum absolute atomic E-state index is 13.3. The first-order valence-electron chi connectivity index (χ1n) is 11.3. The summed E-state index contributed by atoms with van der Waals surface area (Å²) in [5, 5.41) is 11.1. The first-order valence-corrected chi connectivity index (χ1v) is 12.7. The quantitative estimate of drug-likeness (QED) is 0.652. The molecule has 8 heteroatoms. The molecular formula is C24H33N3O4S. The Balaban J connectivity index is 1.68. The molecule has 2 saturated heterocycles. The topological polar surface area (TPSA) is 73.3 Å². The van der Waals surface area contributed by atoms with E-state index in [0.717, 1.165) is 63.0 Å². The van der Waals surface area contributed by atoms with Gasteiger partial charge in [-0.1, -0.05) is 0 Å². The van der Waals surface area contributed by atoms with Crippen LogP contribution in [0.25, 0.3) is 0 Å². The van der Waals surface area contributed by atoms with E-state index in [1.54, 1.807) is 38.4 Å². The van der Waals surface area contributed by atoms with Crippen LogP contribution in [-0.4, -0.2) is 63.7 Å². The Morgan fingerprint density at radius 3 is 1.81 bits per heavy atom. The molecule has 7 nitrogen and oxygen atoms in total. The van der Waals surface area contributed by atoms with Crippen molar-refractivity contribution in [2.24, 2.45) is 0 Å². The third-order valence-corrected chi connectivity index (χ3v) is 8.32. The molecule has 0 amide bonds. The normalized spacial score (nSPS) is 17.7. The molecule has 2 heterocycles. The molecule has 0 atom stereocenters. The average molecular weight is 460 g/mol. The first-order chi connectivity index (χ1) is 15.4. The molecule has 2 fully saturated rings. The molecule has 2 aromatic rings. The zero-order valence-corrected chi connectivity index (χ0v) is 19.8. The predicted molar refractivity (Wildman–Crippen MR) is 126 cm³/mol. The van der Waals surface area contributed by atoms with Gasteiger partial charge >= 0.3 is 0 Å². The molecule has 2 aliphatic heterocycles. The van der Waals surface area contributed by atoms with Crippen LogP contribution in [0.1, 0.15) is 36.8 Å². The molecule has 174 valence electrons. The lowest BCUT2D eigenvalue weighted by Gasteiger charge is -2.25. The van der Waals surface area contributed by atoms with E-state index >= 15 is 0 Å². The SMILES string of the molecule is COc1ccc(S(=O)(=O)N(C)c2cc(CN3CCCC3)c(O)c(CN3CCCC3)c2)cc1. The summed E-state index contributed by atoms with van der Waals surface area (Å²) >= 11 is 0. The van der Waals surface area contributed by atoms with Crippen molar-refractivity contribution in [3.63, 3.8) is 0 Å². The van der Waals surface area contributed by atoms with Gasteiger partial charge in [0.2, 0.25) is 0 Å². The summed E-state index contributed by atoms with van der Waals surface area (Å²) < 4.78 is 33.1. The minimum atomic E-state index is -3.75. The lowest BCUT2D eigenvalue weighted by molar-refractivity contribution is 0.312. The van der Waals surface area contributed by atoms with Gasteiger partial charge < -0.3 is 9.84 Å². The number of likely N-dealkylation sites (tertiary alicyclic amines) is 2. The van der Waals surface area contributed by atoms with E-state index in [4.69, 9.17) is 4.74 Å². The summed E-state index contributed by atoms with van der Waals surface area (Å²) in [5.41, 5.74) is 2.15. The fourth-order valence-corrected chi connectivity index (χ4v) is 5.75. The lowest BCUT2D eigenvalue weighted by Crippen LogP contribution is -2.27. The van der Waals surface area contributed by atoms with Gasteiger partial charge in [0, 0.05) is 31.3 Å². The Morgan fingerprint density at radius 1 is 0.906 bits per heavy atom.